The summed E-state index contributed by atoms with van der Waals surface area (Å²) in [4.78, 5) is 14.9. The lowest BCUT2D eigenvalue weighted by Gasteiger charge is -2.33. The van der Waals surface area contributed by atoms with Crippen molar-refractivity contribution in [2.24, 2.45) is 17.6 Å². The largest absolute Gasteiger partial charge is 0.352 e. The Morgan fingerprint density at radius 3 is 2.70 bits per heavy atom. The van der Waals surface area contributed by atoms with Gasteiger partial charge in [0.2, 0.25) is 5.91 Å². The van der Waals surface area contributed by atoms with Gasteiger partial charge in [-0.1, -0.05) is 13.3 Å². The minimum atomic E-state index is 0.0163. The lowest BCUT2D eigenvalue weighted by Crippen LogP contribution is -2.50. The molecule has 4 heteroatoms. The maximum atomic E-state index is 12.4. The van der Waals surface area contributed by atoms with E-state index < -0.39 is 0 Å². The van der Waals surface area contributed by atoms with Crippen molar-refractivity contribution in [3.05, 3.63) is 0 Å². The van der Waals surface area contributed by atoms with Crippen LogP contribution < -0.4 is 11.1 Å². The summed E-state index contributed by atoms with van der Waals surface area (Å²) >= 11 is 0. The lowest BCUT2D eigenvalue weighted by atomic mass is 9.78. The Bertz CT molecular complexity index is 315. The van der Waals surface area contributed by atoms with E-state index in [0.29, 0.717) is 5.92 Å². The average Bonchev–Trinajstić information content (AvgIpc) is 2.42. The van der Waals surface area contributed by atoms with Gasteiger partial charge in [0, 0.05) is 18.6 Å². The highest BCUT2D eigenvalue weighted by molar-refractivity contribution is 5.79. The highest BCUT2D eigenvalue weighted by Crippen LogP contribution is 2.28. The van der Waals surface area contributed by atoms with Gasteiger partial charge in [0.15, 0.2) is 0 Å². The van der Waals surface area contributed by atoms with E-state index in [1.807, 2.05) is 0 Å². The zero-order chi connectivity index (χ0) is 14.5. The summed E-state index contributed by atoms with van der Waals surface area (Å²) in [5, 5.41) is 3.19. The van der Waals surface area contributed by atoms with Crippen LogP contribution in [0.25, 0.3) is 0 Å². The topological polar surface area (TPSA) is 58.4 Å². The Labute approximate surface area is 123 Å². The van der Waals surface area contributed by atoms with Crippen molar-refractivity contribution in [3.8, 4) is 0 Å². The first-order valence-electron chi connectivity index (χ1n) is 8.34. The molecule has 1 saturated carbocycles. The van der Waals surface area contributed by atoms with E-state index in [1.54, 1.807) is 0 Å². The molecule has 116 valence electrons. The van der Waals surface area contributed by atoms with Gasteiger partial charge in [-0.2, -0.15) is 0 Å². The molecule has 0 spiro atoms. The number of nitrogens with one attached hydrogen (secondary N) is 1. The normalized spacial score (nSPS) is 33.6. The predicted molar refractivity (Wildman–Crippen MR) is 82.4 cm³/mol. The van der Waals surface area contributed by atoms with E-state index in [0.717, 1.165) is 25.8 Å². The van der Waals surface area contributed by atoms with E-state index in [9.17, 15) is 4.79 Å². The molecule has 1 amide bonds. The highest BCUT2D eigenvalue weighted by Gasteiger charge is 2.32. The zero-order valence-corrected chi connectivity index (χ0v) is 13.1. The molecule has 0 aromatic heterocycles. The fourth-order valence-corrected chi connectivity index (χ4v) is 3.63. The smallest absolute Gasteiger partial charge is 0.224 e. The third kappa shape index (κ3) is 4.45. The van der Waals surface area contributed by atoms with Gasteiger partial charge in [-0.25, -0.2) is 0 Å². The zero-order valence-electron chi connectivity index (χ0n) is 13.1. The molecule has 1 saturated heterocycles. The van der Waals surface area contributed by atoms with Gasteiger partial charge in [0.1, 0.15) is 0 Å². The van der Waals surface area contributed by atoms with Crippen LogP contribution in [0.15, 0.2) is 0 Å². The second-order valence-corrected chi connectivity index (χ2v) is 6.96. The van der Waals surface area contributed by atoms with E-state index in [-0.39, 0.29) is 23.9 Å². The summed E-state index contributed by atoms with van der Waals surface area (Å²) in [6.07, 6.45) is 7.04. The first-order valence-corrected chi connectivity index (χ1v) is 8.34. The molecule has 1 aliphatic heterocycles. The van der Waals surface area contributed by atoms with Crippen molar-refractivity contribution in [3.63, 3.8) is 0 Å². The highest BCUT2D eigenvalue weighted by atomic mass is 16.2. The number of hydrogen-bond acceptors (Lipinski definition) is 3. The molecule has 4 atom stereocenters. The molecule has 1 heterocycles. The molecule has 20 heavy (non-hydrogen) atoms. The fourth-order valence-electron chi connectivity index (χ4n) is 3.63. The Morgan fingerprint density at radius 2 is 2.00 bits per heavy atom. The number of carbonyl (C=O) groups is 1. The molecule has 3 N–H and O–H groups in total. The third-order valence-corrected chi connectivity index (χ3v) is 4.87. The quantitative estimate of drug-likeness (QED) is 0.825. The summed E-state index contributed by atoms with van der Waals surface area (Å²) in [5.74, 6) is 0.819. The Kier molecular flexibility index (Phi) is 5.85. The van der Waals surface area contributed by atoms with E-state index in [1.165, 1.54) is 32.4 Å². The predicted octanol–water partition coefficient (Wildman–Crippen LogP) is 1.74. The Balaban J connectivity index is 1.77. The SMILES string of the molecule is CC1CCC(N)C(C(=O)NC(C)CN2CCCCC2)C1. The molecule has 2 fully saturated rings. The Morgan fingerprint density at radius 1 is 1.30 bits per heavy atom. The molecule has 2 rings (SSSR count). The summed E-state index contributed by atoms with van der Waals surface area (Å²) in [7, 11) is 0. The number of nitrogens with two attached hydrogens (primary N) is 1. The summed E-state index contributed by atoms with van der Waals surface area (Å²) < 4.78 is 0. The summed E-state index contributed by atoms with van der Waals surface area (Å²) in [5.41, 5.74) is 6.13. The molecule has 0 aromatic rings. The van der Waals surface area contributed by atoms with Crippen LogP contribution >= 0.6 is 0 Å². The third-order valence-electron chi connectivity index (χ3n) is 4.87. The summed E-state index contributed by atoms with van der Waals surface area (Å²) in [6.45, 7) is 7.68. The second-order valence-electron chi connectivity index (χ2n) is 6.96. The minimum Gasteiger partial charge on any atom is -0.352 e. The fraction of sp³-hybridized carbons (Fsp3) is 0.938. The van der Waals surface area contributed by atoms with Gasteiger partial charge in [0.05, 0.1) is 5.92 Å². The van der Waals surface area contributed by atoms with Gasteiger partial charge in [-0.05, 0) is 58.0 Å². The molecule has 0 radical (unpaired) electrons. The number of carbonyl (C=O) groups excluding carboxylic acids is 1. The first kappa shape index (κ1) is 15.8. The van der Waals surface area contributed by atoms with Crippen LogP contribution in [0.1, 0.15) is 52.4 Å². The second kappa shape index (κ2) is 7.41. The van der Waals surface area contributed by atoms with Crippen LogP contribution in [0, 0.1) is 11.8 Å². The number of likely N-dealkylation sites (tertiary alicyclic amines) is 1. The van der Waals surface area contributed by atoms with Crippen LogP contribution in [0.5, 0.6) is 0 Å². The van der Waals surface area contributed by atoms with Crippen LogP contribution in [0.4, 0.5) is 0 Å². The van der Waals surface area contributed by atoms with E-state index >= 15 is 0 Å². The number of amides is 1. The molecule has 4 unspecified atom stereocenters. The van der Waals surface area contributed by atoms with Gasteiger partial charge in [-0.3, -0.25) is 4.79 Å². The number of nitrogens with zero attached hydrogens (tertiary/aromatic N) is 1. The van der Waals surface area contributed by atoms with Crippen molar-refractivity contribution >= 4 is 5.91 Å². The standard InChI is InChI=1S/C16H31N3O/c1-12-6-7-15(17)14(10-12)16(20)18-13(2)11-19-8-4-3-5-9-19/h12-15H,3-11,17H2,1-2H3,(H,18,20). The first-order chi connectivity index (χ1) is 9.56. The maximum Gasteiger partial charge on any atom is 0.224 e. The van der Waals surface area contributed by atoms with Crippen LogP contribution in [0.2, 0.25) is 0 Å². The molecule has 1 aliphatic carbocycles. The maximum absolute atomic E-state index is 12.4. The molecular weight excluding hydrogens is 250 g/mol. The summed E-state index contributed by atoms with van der Waals surface area (Å²) in [6, 6.07) is 0.276. The molecule has 0 bridgehead atoms. The van der Waals surface area contributed by atoms with Crippen LogP contribution in [-0.2, 0) is 4.79 Å². The van der Waals surface area contributed by atoms with Gasteiger partial charge >= 0.3 is 0 Å². The van der Waals surface area contributed by atoms with Gasteiger partial charge in [0.25, 0.3) is 0 Å². The molecular formula is C16H31N3O. The van der Waals surface area contributed by atoms with Crippen molar-refractivity contribution < 1.29 is 4.79 Å². The average molecular weight is 281 g/mol. The lowest BCUT2D eigenvalue weighted by molar-refractivity contribution is -0.127. The van der Waals surface area contributed by atoms with Crippen molar-refractivity contribution in [1.82, 2.24) is 10.2 Å². The van der Waals surface area contributed by atoms with Crippen molar-refractivity contribution in [2.45, 2.75) is 64.5 Å². The van der Waals surface area contributed by atoms with Crippen molar-refractivity contribution in [1.29, 1.82) is 0 Å². The van der Waals surface area contributed by atoms with Crippen LogP contribution in [0.3, 0.4) is 0 Å². The van der Waals surface area contributed by atoms with E-state index in [2.05, 4.69) is 24.1 Å². The number of hydrogen-bond donors (Lipinski definition) is 2. The minimum absolute atomic E-state index is 0.0163. The van der Waals surface area contributed by atoms with Crippen LogP contribution in [-0.4, -0.2) is 42.5 Å². The monoisotopic (exact) mass is 281 g/mol. The molecule has 0 aromatic carbocycles. The molecule has 4 nitrogen and oxygen atoms in total. The van der Waals surface area contributed by atoms with Gasteiger partial charge in [-0.15, -0.1) is 0 Å². The van der Waals surface area contributed by atoms with Gasteiger partial charge < -0.3 is 16.0 Å². The molecule has 2 aliphatic rings. The Hall–Kier alpha value is -0.610. The van der Waals surface area contributed by atoms with E-state index in [4.69, 9.17) is 5.73 Å². The van der Waals surface area contributed by atoms with Crippen molar-refractivity contribution in [2.75, 3.05) is 19.6 Å². The number of piperidine rings is 1. The number of rotatable bonds is 4.